The number of carbonyl (C=O) groups excluding carboxylic acids is 2. The van der Waals surface area contributed by atoms with Crippen molar-refractivity contribution in [2.45, 2.75) is 33.1 Å². The van der Waals surface area contributed by atoms with E-state index in [0.29, 0.717) is 22.9 Å². The average molecular weight is 419 g/mol. The zero-order valence-corrected chi connectivity index (χ0v) is 18.3. The second-order valence-corrected chi connectivity index (χ2v) is 7.72. The van der Waals surface area contributed by atoms with Gasteiger partial charge in [0.1, 0.15) is 5.82 Å². The van der Waals surface area contributed by atoms with Crippen molar-refractivity contribution >= 4 is 17.5 Å². The number of anilines is 1. The van der Waals surface area contributed by atoms with E-state index in [-0.39, 0.29) is 18.1 Å². The van der Waals surface area contributed by atoms with Gasteiger partial charge in [-0.1, -0.05) is 12.1 Å². The summed E-state index contributed by atoms with van der Waals surface area (Å²) in [6.45, 7) is 5.92. The van der Waals surface area contributed by atoms with Crippen molar-refractivity contribution in [1.82, 2.24) is 9.78 Å². The van der Waals surface area contributed by atoms with Crippen LogP contribution < -0.4 is 14.8 Å². The Kier molecular flexibility index (Phi) is 5.27. The molecule has 3 aromatic rings. The van der Waals surface area contributed by atoms with Gasteiger partial charge in [0, 0.05) is 17.5 Å². The molecule has 0 saturated heterocycles. The first kappa shape index (κ1) is 20.7. The fourth-order valence-electron chi connectivity index (χ4n) is 4.10. The molecule has 0 fully saturated rings. The van der Waals surface area contributed by atoms with E-state index in [4.69, 9.17) is 14.6 Å². The summed E-state index contributed by atoms with van der Waals surface area (Å²) in [6, 6.07) is 11.0. The zero-order valence-electron chi connectivity index (χ0n) is 18.3. The van der Waals surface area contributed by atoms with Gasteiger partial charge in [-0.05, 0) is 56.2 Å². The maximum atomic E-state index is 13.5. The number of amides is 1. The van der Waals surface area contributed by atoms with Crippen molar-refractivity contribution in [2.75, 3.05) is 19.5 Å². The number of rotatable bonds is 5. The molecule has 4 rings (SSSR count). The molecule has 0 saturated carbocycles. The Morgan fingerprint density at radius 3 is 2.55 bits per heavy atom. The molecule has 0 bridgehead atoms. The van der Waals surface area contributed by atoms with E-state index in [1.807, 2.05) is 39.0 Å². The highest BCUT2D eigenvalue weighted by Crippen LogP contribution is 2.39. The average Bonchev–Trinajstić information content (AvgIpc) is 3.09. The van der Waals surface area contributed by atoms with E-state index < -0.39 is 5.92 Å². The number of nitrogens with zero attached hydrogens (tertiary/aromatic N) is 2. The number of aryl methyl sites for hydroxylation is 2. The Hall–Kier alpha value is -3.61. The van der Waals surface area contributed by atoms with Crippen molar-refractivity contribution in [3.8, 4) is 17.2 Å². The predicted molar refractivity (Wildman–Crippen MR) is 118 cm³/mol. The first-order valence-electron chi connectivity index (χ1n) is 10.1. The normalized spacial score (nSPS) is 15.3. The van der Waals surface area contributed by atoms with Crippen molar-refractivity contribution in [3.05, 3.63) is 64.3 Å². The van der Waals surface area contributed by atoms with Gasteiger partial charge in [-0.2, -0.15) is 5.10 Å². The third-order valence-corrected chi connectivity index (χ3v) is 5.89. The topological polar surface area (TPSA) is 82.5 Å². The summed E-state index contributed by atoms with van der Waals surface area (Å²) in [5.41, 5.74) is 5.00. The molecule has 0 radical (unpaired) electrons. The SMILES string of the molecule is COc1ccc(C(=O)C2CC(=O)Nc3c2c(C)nn3-c2cccc(C)c2C)cc1OC. The highest BCUT2D eigenvalue weighted by molar-refractivity contribution is 6.08. The second kappa shape index (κ2) is 7.91. The summed E-state index contributed by atoms with van der Waals surface area (Å²) >= 11 is 0. The smallest absolute Gasteiger partial charge is 0.226 e. The number of hydrogen-bond acceptors (Lipinski definition) is 5. The number of fused-ring (bicyclic) bond motifs is 1. The van der Waals surface area contributed by atoms with Gasteiger partial charge in [-0.25, -0.2) is 4.68 Å². The van der Waals surface area contributed by atoms with Crippen molar-refractivity contribution in [3.63, 3.8) is 0 Å². The molecule has 2 aromatic carbocycles. The molecule has 160 valence electrons. The molecular weight excluding hydrogens is 394 g/mol. The van der Waals surface area contributed by atoms with Gasteiger partial charge in [0.05, 0.1) is 31.5 Å². The number of ketones is 1. The van der Waals surface area contributed by atoms with Crippen LogP contribution in [0.2, 0.25) is 0 Å². The number of ether oxygens (including phenoxy) is 2. The predicted octanol–water partition coefficient (Wildman–Crippen LogP) is 4.12. The van der Waals surface area contributed by atoms with Crippen molar-refractivity contribution in [2.24, 2.45) is 0 Å². The molecular formula is C24H25N3O4. The standard InChI is InChI=1S/C24H25N3O4/c1-13-7-6-8-18(14(13)2)27-24-22(15(3)26-27)17(12-21(28)25-24)23(29)16-9-10-19(30-4)20(11-16)31-5/h6-11,17H,12H2,1-5H3,(H,25,28). The van der Waals surface area contributed by atoms with Crippen LogP contribution in [0.25, 0.3) is 5.69 Å². The van der Waals surface area contributed by atoms with E-state index in [9.17, 15) is 9.59 Å². The van der Waals surface area contributed by atoms with Crippen LogP contribution in [0.3, 0.4) is 0 Å². The van der Waals surface area contributed by atoms with Crippen molar-refractivity contribution in [1.29, 1.82) is 0 Å². The van der Waals surface area contributed by atoms with Gasteiger partial charge in [0.2, 0.25) is 5.91 Å². The first-order chi connectivity index (χ1) is 14.8. The Morgan fingerprint density at radius 2 is 1.84 bits per heavy atom. The fourth-order valence-corrected chi connectivity index (χ4v) is 4.10. The van der Waals surface area contributed by atoms with Crippen LogP contribution in [0.4, 0.5) is 5.82 Å². The Morgan fingerprint density at radius 1 is 1.10 bits per heavy atom. The second-order valence-electron chi connectivity index (χ2n) is 7.72. The number of hydrogen-bond donors (Lipinski definition) is 1. The lowest BCUT2D eigenvalue weighted by molar-refractivity contribution is -0.116. The van der Waals surface area contributed by atoms with E-state index in [2.05, 4.69) is 5.32 Å². The van der Waals surface area contributed by atoms with Crippen LogP contribution in [-0.2, 0) is 4.79 Å². The molecule has 2 heterocycles. The number of aromatic nitrogens is 2. The van der Waals surface area contributed by atoms with E-state index in [1.54, 1.807) is 30.0 Å². The van der Waals surface area contributed by atoms with Gasteiger partial charge in [-0.3, -0.25) is 9.59 Å². The van der Waals surface area contributed by atoms with Crippen LogP contribution in [0.5, 0.6) is 11.5 Å². The summed E-state index contributed by atoms with van der Waals surface area (Å²) in [5.74, 6) is 0.581. The van der Waals surface area contributed by atoms with Gasteiger partial charge in [0.25, 0.3) is 0 Å². The molecule has 1 atom stereocenters. The Labute approximate surface area is 181 Å². The van der Waals surface area contributed by atoms with Crippen LogP contribution in [0, 0.1) is 20.8 Å². The summed E-state index contributed by atoms with van der Waals surface area (Å²) in [4.78, 5) is 26.1. The Balaban J connectivity index is 1.82. The third-order valence-electron chi connectivity index (χ3n) is 5.89. The van der Waals surface area contributed by atoms with Crippen LogP contribution in [0.15, 0.2) is 36.4 Å². The number of nitrogens with one attached hydrogen (secondary N) is 1. The van der Waals surface area contributed by atoms with Crippen LogP contribution in [0.1, 0.15) is 45.1 Å². The highest BCUT2D eigenvalue weighted by atomic mass is 16.5. The molecule has 7 heteroatoms. The highest BCUT2D eigenvalue weighted by Gasteiger charge is 2.36. The minimum atomic E-state index is -0.624. The molecule has 0 aliphatic carbocycles. The third kappa shape index (κ3) is 3.46. The number of benzene rings is 2. The maximum absolute atomic E-state index is 13.5. The monoisotopic (exact) mass is 419 g/mol. The quantitative estimate of drug-likeness (QED) is 0.629. The molecule has 31 heavy (non-hydrogen) atoms. The minimum Gasteiger partial charge on any atom is -0.493 e. The lowest BCUT2D eigenvalue weighted by atomic mass is 9.85. The van der Waals surface area contributed by atoms with Crippen LogP contribution >= 0.6 is 0 Å². The maximum Gasteiger partial charge on any atom is 0.226 e. The van der Waals surface area contributed by atoms with Crippen LogP contribution in [-0.4, -0.2) is 35.7 Å². The summed E-state index contributed by atoms with van der Waals surface area (Å²) in [6.07, 6.45) is 0.0690. The number of carbonyl (C=O) groups is 2. The van der Waals surface area contributed by atoms with E-state index in [1.165, 1.54) is 7.11 Å². The summed E-state index contributed by atoms with van der Waals surface area (Å²) in [7, 11) is 3.07. The lowest BCUT2D eigenvalue weighted by Gasteiger charge is -2.24. The summed E-state index contributed by atoms with van der Waals surface area (Å²) in [5, 5.41) is 7.63. The van der Waals surface area contributed by atoms with Gasteiger partial charge in [0.15, 0.2) is 17.3 Å². The summed E-state index contributed by atoms with van der Waals surface area (Å²) < 4.78 is 12.3. The number of Topliss-reactive ketones (excluding diaryl/α,β-unsaturated/α-hetero) is 1. The molecule has 1 aliphatic heterocycles. The zero-order chi connectivity index (χ0) is 22.3. The fraction of sp³-hybridized carbons (Fsp3) is 0.292. The molecule has 0 spiro atoms. The number of methoxy groups -OCH3 is 2. The van der Waals surface area contributed by atoms with Gasteiger partial charge < -0.3 is 14.8 Å². The molecule has 7 nitrogen and oxygen atoms in total. The first-order valence-corrected chi connectivity index (χ1v) is 10.1. The van der Waals surface area contributed by atoms with E-state index in [0.717, 1.165) is 28.1 Å². The molecule has 1 N–H and O–H groups in total. The van der Waals surface area contributed by atoms with E-state index >= 15 is 0 Å². The molecule has 1 aliphatic rings. The lowest BCUT2D eigenvalue weighted by Crippen LogP contribution is -2.28. The van der Waals surface area contributed by atoms with Gasteiger partial charge >= 0.3 is 0 Å². The molecule has 1 unspecified atom stereocenters. The molecule has 1 amide bonds. The largest absolute Gasteiger partial charge is 0.493 e. The Bertz CT molecular complexity index is 1200. The molecule has 1 aromatic heterocycles. The van der Waals surface area contributed by atoms with Crippen molar-refractivity contribution < 1.29 is 19.1 Å². The van der Waals surface area contributed by atoms with Gasteiger partial charge in [-0.15, -0.1) is 0 Å². The minimum absolute atomic E-state index is 0.0690.